The highest BCUT2D eigenvalue weighted by atomic mass is 32.2. The third-order valence-electron chi connectivity index (χ3n) is 4.23. The Morgan fingerprint density at radius 2 is 1.88 bits per heavy atom. The minimum Gasteiger partial charge on any atom is -0.406 e. The number of ether oxygens (including phenoxy) is 1. The quantitative estimate of drug-likeness (QED) is 0.448. The lowest BCUT2D eigenvalue weighted by Crippen LogP contribution is -2.19. The van der Waals surface area contributed by atoms with Gasteiger partial charge in [0, 0.05) is 16.8 Å². The second-order valence-electron chi connectivity index (χ2n) is 6.47. The number of aryl methyl sites for hydroxylation is 1. The number of amides is 1. The van der Waals surface area contributed by atoms with Crippen LogP contribution in [0.15, 0.2) is 48.5 Å². The molecule has 1 N–H and O–H groups in total. The summed E-state index contributed by atoms with van der Waals surface area (Å²) in [5.41, 5.74) is 2.20. The van der Waals surface area contributed by atoms with E-state index in [1.165, 1.54) is 47.6 Å². The van der Waals surface area contributed by atoms with E-state index in [-0.39, 0.29) is 18.2 Å². The first-order valence-corrected chi connectivity index (χ1v) is 11.2. The molecule has 3 aromatic rings. The molecule has 0 aliphatic carbocycles. The summed E-state index contributed by atoms with van der Waals surface area (Å²) in [6, 6.07) is 14.4. The number of rotatable bonds is 7. The number of nitrogens with zero attached hydrogens (tertiary/aromatic N) is 3. The van der Waals surface area contributed by atoms with Gasteiger partial charge in [-0.15, -0.1) is 24.5 Å². The van der Waals surface area contributed by atoms with Gasteiger partial charge in [0.25, 0.3) is 5.91 Å². The van der Waals surface area contributed by atoms with Crippen molar-refractivity contribution in [2.75, 3.05) is 11.2 Å². The summed E-state index contributed by atoms with van der Waals surface area (Å²) in [5.74, 6) is -0.627. The van der Waals surface area contributed by atoms with Gasteiger partial charge in [0.05, 0.1) is 18.2 Å². The van der Waals surface area contributed by atoms with Crippen LogP contribution < -0.4 is 14.4 Å². The van der Waals surface area contributed by atoms with E-state index < -0.39 is 6.36 Å². The van der Waals surface area contributed by atoms with Gasteiger partial charge >= 0.3 is 6.36 Å². The molecule has 0 aliphatic heterocycles. The van der Waals surface area contributed by atoms with Crippen LogP contribution in [0.1, 0.15) is 26.5 Å². The summed E-state index contributed by atoms with van der Waals surface area (Å²) in [5, 5.41) is 9.60. The van der Waals surface area contributed by atoms with Crippen molar-refractivity contribution in [3.63, 3.8) is 0 Å². The van der Waals surface area contributed by atoms with Gasteiger partial charge in [-0.25, -0.2) is 4.98 Å². The summed E-state index contributed by atoms with van der Waals surface area (Å²) in [6.07, 6.45) is -3.03. The largest absolute Gasteiger partial charge is 0.573 e. The van der Waals surface area contributed by atoms with Gasteiger partial charge in [0.1, 0.15) is 11.4 Å². The molecule has 0 saturated heterocycles. The van der Waals surface area contributed by atoms with Crippen LogP contribution in [0, 0.1) is 18.3 Å². The van der Waals surface area contributed by atoms with Crippen molar-refractivity contribution in [1.29, 1.82) is 5.26 Å². The van der Waals surface area contributed by atoms with Gasteiger partial charge in [0.2, 0.25) is 0 Å². The summed E-state index contributed by atoms with van der Waals surface area (Å²) in [6.45, 7) is 2.06. The van der Waals surface area contributed by atoms with Crippen LogP contribution in [0.25, 0.3) is 0 Å². The van der Waals surface area contributed by atoms with Crippen LogP contribution in [0.4, 0.5) is 24.0 Å². The average molecular weight is 479 g/mol. The Kier molecular flexibility index (Phi) is 7.27. The lowest BCUT2D eigenvalue weighted by Gasteiger charge is -2.22. The van der Waals surface area contributed by atoms with Crippen LogP contribution in [0.3, 0.4) is 0 Å². The molecule has 0 radical (unpaired) electrons. The van der Waals surface area contributed by atoms with Crippen LogP contribution in [0.2, 0.25) is 0 Å². The monoisotopic (exact) mass is 478 g/mol. The van der Waals surface area contributed by atoms with Gasteiger partial charge < -0.3 is 9.64 Å². The molecule has 3 rings (SSSR count). The van der Waals surface area contributed by atoms with Crippen LogP contribution in [-0.2, 0) is 6.54 Å². The average Bonchev–Trinajstić information content (AvgIpc) is 3.14. The molecule has 2 aromatic carbocycles. The van der Waals surface area contributed by atoms with Gasteiger partial charge in [0.15, 0.2) is 5.13 Å². The first-order chi connectivity index (χ1) is 15.2. The van der Waals surface area contributed by atoms with Crippen LogP contribution in [0.5, 0.6) is 5.75 Å². The van der Waals surface area contributed by atoms with Gasteiger partial charge in [-0.05, 0) is 48.9 Å². The smallest absolute Gasteiger partial charge is 0.406 e. The maximum absolute atomic E-state index is 12.4. The molecule has 0 spiro atoms. The topological polar surface area (TPSA) is 78.2 Å². The molecule has 0 unspecified atom stereocenters. The Hall–Kier alpha value is -3.23. The second kappa shape index (κ2) is 9.93. The number of aromatic nitrogens is 1. The molecule has 1 amide bonds. The molecule has 1 heterocycles. The third kappa shape index (κ3) is 5.93. The summed E-state index contributed by atoms with van der Waals surface area (Å²) < 4.78 is 43.8. The number of halogens is 3. The zero-order chi connectivity index (χ0) is 23.3. The van der Waals surface area contributed by atoms with E-state index in [0.717, 1.165) is 4.88 Å². The van der Waals surface area contributed by atoms with E-state index in [0.29, 0.717) is 27.6 Å². The zero-order valence-corrected chi connectivity index (χ0v) is 18.6. The highest BCUT2D eigenvalue weighted by molar-refractivity contribution is 7.97. The first-order valence-electron chi connectivity index (χ1n) is 9.13. The molecule has 0 saturated carbocycles. The first kappa shape index (κ1) is 23.4. The Morgan fingerprint density at radius 1 is 1.22 bits per heavy atom. The number of nitriles is 1. The summed E-state index contributed by atoms with van der Waals surface area (Å²) >= 11 is 2.49. The predicted molar refractivity (Wildman–Crippen MR) is 118 cm³/mol. The van der Waals surface area contributed by atoms with Crippen molar-refractivity contribution in [1.82, 2.24) is 9.71 Å². The Morgan fingerprint density at radius 3 is 2.44 bits per heavy atom. The molecule has 0 bridgehead atoms. The number of carbonyl (C=O) groups excluding carboxylic acids is 1. The maximum atomic E-state index is 12.4. The standard InChI is InChI=1S/C21H17F3N4O2S2/c1-13-18(19(29)27-31-2)26-20(32-13)28(16-7-3-14(11-25)4-8-16)12-15-5-9-17(10-6-15)30-21(22,23)24/h3-10H,12H2,1-2H3,(H,27,29). The number of carbonyl (C=O) groups is 1. The van der Waals surface area contributed by atoms with E-state index >= 15 is 0 Å². The number of hydrogen-bond donors (Lipinski definition) is 1. The zero-order valence-electron chi connectivity index (χ0n) is 16.9. The molecular formula is C21H17F3N4O2S2. The minimum atomic E-state index is -4.76. The van der Waals surface area contributed by atoms with Crippen molar-refractivity contribution in [2.24, 2.45) is 0 Å². The number of nitrogens with one attached hydrogen (secondary N) is 1. The normalized spacial score (nSPS) is 11.0. The van der Waals surface area contributed by atoms with Gasteiger partial charge in [-0.2, -0.15) is 5.26 Å². The Balaban J connectivity index is 1.94. The number of hydrogen-bond acceptors (Lipinski definition) is 7. The SMILES string of the molecule is CSNC(=O)c1nc(N(Cc2ccc(OC(F)(F)F)cc2)c2ccc(C#N)cc2)sc1C. The van der Waals surface area contributed by atoms with Gasteiger partial charge in [-0.1, -0.05) is 24.1 Å². The highest BCUT2D eigenvalue weighted by Gasteiger charge is 2.31. The lowest BCUT2D eigenvalue weighted by atomic mass is 10.1. The predicted octanol–water partition coefficient (Wildman–Crippen LogP) is 5.57. The third-order valence-corrected chi connectivity index (χ3v) is 5.62. The van der Waals surface area contributed by atoms with E-state index in [1.54, 1.807) is 37.4 Å². The Bertz CT molecular complexity index is 1120. The minimum absolute atomic E-state index is 0.273. The molecule has 1 aromatic heterocycles. The fraction of sp³-hybridized carbons (Fsp3) is 0.190. The highest BCUT2D eigenvalue weighted by Crippen LogP contribution is 2.34. The van der Waals surface area contributed by atoms with Crippen molar-refractivity contribution in [2.45, 2.75) is 19.8 Å². The maximum Gasteiger partial charge on any atom is 0.573 e. The molecule has 11 heteroatoms. The molecule has 166 valence electrons. The number of alkyl halides is 3. The van der Waals surface area contributed by atoms with E-state index in [2.05, 4.69) is 20.5 Å². The molecule has 0 atom stereocenters. The van der Waals surface area contributed by atoms with Crippen molar-refractivity contribution < 1.29 is 22.7 Å². The van der Waals surface area contributed by atoms with Gasteiger partial charge in [-0.3, -0.25) is 9.52 Å². The summed E-state index contributed by atoms with van der Waals surface area (Å²) in [4.78, 5) is 19.3. The molecule has 6 nitrogen and oxygen atoms in total. The fourth-order valence-corrected chi connectivity index (χ4v) is 4.02. The number of benzene rings is 2. The van der Waals surface area contributed by atoms with Crippen molar-refractivity contribution >= 4 is 40.0 Å². The number of anilines is 2. The van der Waals surface area contributed by atoms with E-state index in [4.69, 9.17) is 5.26 Å². The molecule has 0 aliphatic rings. The summed E-state index contributed by atoms with van der Waals surface area (Å²) in [7, 11) is 0. The Labute approximate surface area is 190 Å². The molecule has 0 fully saturated rings. The van der Waals surface area contributed by atoms with Crippen LogP contribution in [-0.4, -0.2) is 23.5 Å². The molecular weight excluding hydrogens is 461 g/mol. The lowest BCUT2D eigenvalue weighted by molar-refractivity contribution is -0.274. The van der Waals surface area contributed by atoms with E-state index in [1.807, 2.05) is 4.90 Å². The fourth-order valence-electron chi connectivity index (χ4n) is 2.81. The van der Waals surface area contributed by atoms with Crippen LogP contribution >= 0.6 is 23.3 Å². The molecule has 32 heavy (non-hydrogen) atoms. The second-order valence-corrected chi connectivity index (χ2v) is 8.27. The van der Waals surface area contributed by atoms with Crippen molar-refractivity contribution in [3.8, 4) is 11.8 Å². The number of thiazole rings is 1. The van der Waals surface area contributed by atoms with Crippen molar-refractivity contribution in [3.05, 3.63) is 70.2 Å². The van der Waals surface area contributed by atoms with E-state index in [9.17, 15) is 18.0 Å².